The molecule has 0 bridgehead atoms. The van der Waals surface area contributed by atoms with E-state index in [1.54, 1.807) is 0 Å². The maximum absolute atomic E-state index is 11.9. The smallest absolute Gasteiger partial charge is 0.388 e. The predicted octanol–water partition coefficient (Wildman–Crippen LogP) is 2.69. The Bertz CT molecular complexity index is 618. The molecule has 0 saturated carbocycles. The third kappa shape index (κ3) is 18.8. The average Bonchev–Trinajstić information content (AvgIpc) is 2.76. The third-order valence-corrected chi connectivity index (χ3v) is 6.73. The SMILES string of the molecule is CCCCCCCCCCC(=O)SCCNC(=O)CCNC(O)[C@@H](O)C(C)(C)COP(=O)(O)O. The Labute approximate surface area is 208 Å². The van der Waals surface area contributed by atoms with Crippen LogP contribution in [0.15, 0.2) is 0 Å². The van der Waals surface area contributed by atoms with Crippen molar-refractivity contribution in [3.63, 3.8) is 0 Å². The van der Waals surface area contributed by atoms with Gasteiger partial charge in [0.25, 0.3) is 0 Å². The number of carbonyl (C=O) groups excluding carboxylic acids is 2. The van der Waals surface area contributed by atoms with E-state index in [1.165, 1.54) is 64.1 Å². The summed E-state index contributed by atoms with van der Waals surface area (Å²) in [6.45, 7) is 5.16. The van der Waals surface area contributed by atoms with E-state index in [-0.39, 0.29) is 24.0 Å². The highest BCUT2D eigenvalue weighted by Crippen LogP contribution is 2.39. The van der Waals surface area contributed by atoms with Crippen LogP contribution in [-0.2, 0) is 18.7 Å². The van der Waals surface area contributed by atoms with Crippen LogP contribution in [0.25, 0.3) is 0 Å². The van der Waals surface area contributed by atoms with Crippen molar-refractivity contribution in [2.45, 2.75) is 97.3 Å². The van der Waals surface area contributed by atoms with Crippen LogP contribution in [-0.4, -0.2) is 68.8 Å². The normalized spacial score (nSPS) is 14.1. The summed E-state index contributed by atoms with van der Waals surface area (Å²) in [5, 5.41) is 25.7. The van der Waals surface area contributed by atoms with Gasteiger partial charge in [-0.05, 0) is 6.42 Å². The fraction of sp³-hybridized carbons (Fsp3) is 0.909. The highest BCUT2D eigenvalue weighted by atomic mass is 32.2. The van der Waals surface area contributed by atoms with E-state index in [9.17, 15) is 24.4 Å². The first-order valence-corrected chi connectivity index (χ1v) is 14.6. The fourth-order valence-electron chi connectivity index (χ4n) is 3.13. The Kier molecular flexibility index (Phi) is 18.4. The number of thioether (sulfide) groups is 1. The lowest BCUT2D eigenvalue weighted by Gasteiger charge is -2.33. The van der Waals surface area contributed by atoms with Gasteiger partial charge in [0.05, 0.1) is 6.61 Å². The zero-order chi connectivity index (χ0) is 26.0. The van der Waals surface area contributed by atoms with Crippen LogP contribution < -0.4 is 10.6 Å². The number of phosphoric ester groups is 1. The maximum Gasteiger partial charge on any atom is 0.469 e. The van der Waals surface area contributed by atoms with Crippen molar-refractivity contribution in [1.29, 1.82) is 0 Å². The molecule has 0 spiro atoms. The molecular weight excluding hydrogens is 483 g/mol. The van der Waals surface area contributed by atoms with Gasteiger partial charge >= 0.3 is 7.82 Å². The molecule has 202 valence electrons. The third-order valence-electron chi connectivity index (χ3n) is 5.33. The van der Waals surface area contributed by atoms with Gasteiger partial charge in [0.2, 0.25) is 5.91 Å². The standard InChI is InChI=1S/C22H45N2O8PS/c1-4-5-6-7-8-9-10-11-12-19(26)34-16-15-23-18(25)13-14-24-21(28)20(27)22(2,3)17-32-33(29,30)31/h20-21,24,27-28H,4-17H2,1-3H3,(H,23,25)(H2,29,30,31)/t20-,21?/m1/s1. The molecule has 10 nitrogen and oxygen atoms in total. The molecule has 0 aromatic rings. The minimum Gasteiger partial charge on any atom is -0.388 e. The van der Waals surface area contributed by atoms with Gasteiger partial charge in [-0.25, -0.2) is 4.57 Å². The number of carbonyl (C=O) groups is 2. The Hall–Kier alpha value is -0.520. The van der Waals surface area contributed by atoms with Crippen molar-refractivity contribution >= 4 is 30.6 Å². The van der Waals surface area contributed by atoms with Gasteiger partial charge in [0.15, 0.2) is 5.12 Å². The molecule has 0 aliphatic heterocycles. The summed E-state index contributed by atoms with van der Waals surface area (Å²) in [7, 11) is -4.69. The van der Waals surface area contributed by atoms with E-state index in [1.807, 2.05) is 0 Å². The number of nitrogens with one attached hydrogen (secondary N) is 2. The number of unbranched alkanes of at least 4 members (excludes halogenated alkanes) is 7. The lowest BCUT2D eigenvalue weighted by Crippen LogP contribution is -2.49. The number of hydrogen-bond donors (Lipinski definition) is 6. The van der Waals surface area contributed by atoms with Crippen LogP contribution in [0.4, 0.5) is 0 Å². The molecule has 0 aromatic carbocycles. The van der Waals surface area contributed by atoms with E-state index >= 15 is 0 Å². The molecule has 0 radical (unpaired) electrons. The van der Waals surface area contributed by atoms with Gasteiger partial charge in [-0.15, -0.1) is 0 Å². The number of amides is 1. The molecule has 1 unspecified atom stereocenters. The zero-order valence-corrected chi connectivity index (χ0v) is 22.5. The minimum atomic E-state index is -4.69. The largest absolute Gasteiger partial charge is 0.469 e. The highest BCUT2D eigenvalue weighted by Gasteiger charge is 2.35. The topological polar surface area (TPSA) is 165 Å². The molecule has 0 aliphatic rings. The van der Waals surface area contributed by atoms with Gasteiger partial charge in [-0.2, -0.15) is 0 Å². The molecule has 6 N–H and O–H groups in total. The monoisotopic (exact) mass is 528 g/mol. The summed E-state index contributed by atoms with van der Waals surface area (Å²) < 4.78 is 15.2. The fourth-order valence-corrected chi connectivity index (χ4v) is 4.35. The van der Waals surface area contributed by atoms with Gasteiger partial charge in [0.1, 0.15) is 12.3 Å². The number of phosphoric acid groups is 1. The second kappa shape index (κ2) is 18.7. The lowest BCUT2D eigenvalue weighted by molar-refractivity contribution is -0.121. The van der Waals surface area contributed by atoms with Crippen molar-refractivity contribution in [1.82, 2.24) is 10.6 Å². The second-order valence-electron chi connectivity index (χ2n) is 9.14. The van der Waals surface area contributed by atoms with E-state index in [0.29, 0.717) is 18.7 Å². The molecule has 0 aliphatic carbocycles. The van der Waals surface area contributed by atoms with Crippen molar-refractivity contribution in [2.75, 3.05) is 25.4 Å². The predicted molar refractivity (Wildman–Crippen MR) is 134 cm³/mol. The first-order valence-electron chi connectivity index (χ1n) is 12.1. The summed E-state index contributed by atoms with van der Waals surface area (Å²) in [5.74, 6) is 0.249. The molecule has 0 saturated heterocycles. The van der Waals surface area contributed by atoms with Gasteiger partial charge < -0.3 is 25.3 Å². The van der Waals surface area contributed by atoms with Crippen LogP contribution in [0.2, 0.25) is 0 Å². The van der Waals surface area contributed by atoms with Crippen LogP contribution in [0.3, 0.4) is 0 Å². The summed E-state index contributed by atoms with van der Waals surface area (Å²) in [4.78, 5) is 41.3. The lowest BCUT2D eigenvalue weighted by atomic mass is 9.86. The quantitative estimate of drug-likeness (QED) is 0.0741. The van der Waals surface area contributed by atoms with Crippen LogP contribution in [0, 0.1) is 5.41 Å². The molecule has 0 rings (SSSR count). The number of rotatable bonds is 21. The van der Waals surface area contributed by atoms with E-state index < -0.39 is 32.2 Å². The van der Waals surface area contributed by atoms with Crippen LogP contribution in [0.5, 0.6) is 0 Å². The number of aliphatic hydroxyl groups excluding tert-OH is 2. The van der Waals surface area contributed by atoms with Gasteiger partial charge in [-0.1, -0.05) is 77.5 Å². The molecule has 0 aromatic heterocycles. The Morgan fingerprint density at radius 3 is 2.15 bits per heavy atom. The Morgan fingerprint density at radius 2 is 1.56 bits per heavy atom. The first kappa shape index (κ1) is 33.5. The molecule has 34 heavy (non-hydrogen) atoms. The molecule has 2 atom stereocenters. The van der Waals surface area contributed by atoms with Crippen molar-refractivity contribution in [2.24, 2.45) is 5.41 Å². The first-order chi connectivity index (χ1) is 15.9. The van der Waals surface area contributed by atoms with E-state index in [2.05, 4.69) is 22.1 Å². The van der Waals surface area contributed by atoms with Crippen LogP contribution in [0.1, 0.15) is 85.0 Å². The van der Waals surface area contributed by atoms with E-state index in [0.717, 1.165) is 12.8 Å². The molecule has 0 heterocycles. The number of aliphatic hydroxyl groups is 2. The summed E-state index contributed by atoms with van der Waals surface area (Å²) in [6.07, 6.45) is 7.35. The second-order valence-corrected chi connectivity index (χ2v) is 11.5. The molecular formula is C22H45N2O8PS. The maximum atomic E-state index is 11.9. The summed E-state index contributed by atoms with van der Waals surface area (Å²) in [5.41, 5.74) is -1.14. The number of hydrogen-bond acceptors (Lipinski definition) is 8. The summed E-state index contributed by atoms with van der Waals surface area (Å²) in [6, 6.07) is 0. The highest BCUT2D eigenvalue weighted by molar-refractivity contribution is 8.13. The Morgan fingerprint density at radius 1 is 0.971 bits per heavy atom. The van der Waals surface area contributed by atoms with Crippen LogP contribution >= 0.6 is 19.6 Å². The van der Waals surface area contributed by atoms with E-state index in [4.69, 9.17) is 9.79 Å². The van der Waals surface area contributed by atoms with Crippen molar-refractivity contribution in [3.8, 4) is 0 Å². The Balaban J connectivity index is 3.83. The van der Waals surface area contributed by atoms with Crippen molar-refractivity contribution in [3.05, 3.63) is 0 Å². The zero-order valence-electron chi connectivity index (χ0n) is 20.8. The molecule has 0 fully saturated rings. The van der Waals surface area contributed by atoms with Gasteiger partial charge in [-0.3, -0.25) is 19.4 Å². The summed E-state index contributed by atoms with van der Waals surface area (Å²) >= 11 is 1.23. The molecule has 1 amide bonds. The molecule has 12 heteroatoms. The van der Waals surface area contributed by atoms with Gasteiger partial charge in [0, 0.05) is 37.1 Å². The average molecular weight is 529 g/mol. The minimum absolute atomic E-state index is 0.0556. The van der Waals surface area contributed by atoms with Crippen molar-refractivity contribution < 1.29 is 38.7 Å².